The number of fused-ring (bicyclic) bond motifs is 1. The monoisotopic (exact) mass is 388 g/mol. The first-order chi connectivity index (χ1) is 13.5. The van der Waals surface area contributed by atoms with Crippen molar-refractivity contribution in [1.29, 1.82) is 0 Å². The van der Waals surface area contributed by atoms with Crippen LogP contribution in [0.5, 0.6) is 0 Å². The Hall–Kier alpha value is -2.38. The van der Waals surface area contributed by atoms with E-state index in [1.807, 2.05) is 16.7 Å². The third-order valence-corrected chi connectivity index (χ3v) is 5.38. The quantitative estimate of drug-likeness (QED) is 0.733. The van der Waals surface area contributed by atoms with E-state index in [4.69, 9.17) is 19.9 Å². The summed E-state index contributed by atoms with van der Waals surface area (Å²) in [6, 6.07) is 7.14. The Bertz CT molecular complexity index is 852. The lowest BCUT2D eigenvalue weighted by molar-refractivity contribution is 0.0101. The van der Waals surface area contributed by atoms with Crippen LogP contribution in [0.1, 0.15) is 47.5 Å². The zero-order valence-electron chi connectivity index (χ0n) is 16.5. The van der Waals surface area contributed by atoms with Gasteiger partial charge in [-0.3, -0.25) is 0 Å². The highest BCUT2D eigenvalue weighted by molar-refractivity contribution is 5.99. The summed E-state index contributed by atoms with van der Waals surface area (Å²) in [5, 5.41) is 0.871. The lowest BCUT2D eigenvalue weighted by Gasteiger charge is -2.37. The van der Waals surface area contributed by atoms with E-state index < -0.39 is 0 Å². The molecule has 0 radical (unpaired) electrons. The highest BCUT2D eigenvalue weighted by Gasteiger charge is 2.33. The van der Waals surface area contributed by atoms with Crippen LogP contribution in [0.2, 0.25) is 0 Å². The third-order valence-electron chi connectivity index (χ3n) is 5.38. The Balaban J connectivity index is 2.09. The lowest BCUT2D eigenvalue weighted by Crippen LogP contribution is -2.40. The SMILES string of the molecule is CCOC(=O)c1ccc2cc(C(=O)OCC)n(CC3(CN)CCOCC3)c2c1. The number of aromatic nitrogens is 1. The lowest BCUT2D eigenvalue weighted by atomic mass is 9.80. The van der Waals surface area contributed by atoms with Crippen LogP contribution in [0.25, 0.3) is 10.9 Å². The van der Waals surface area contributed by atoms with Gasteiger partial charge in [0, 0.05) is 36.1 Å². The van der Waals surface area contributed by atoms with Crippen LogP contribution in [-0.2, 0) is 20.8 Å². The topological polar surface area (TPSA) is 92.8 Å². The fourth-order valence-corrected chi connectivity index (χ4v) is 3.71. The molecule has 2 heterocycles. The Morgan fingerprint density at radius 3 is 2.43 bits per heavy atom. The van der Waals surface area contributed by atoms with Crippen LogP contribution in [0.4, 0.5) is 0 Å². The van der Waals surface area contributed by atoms with Crippen molar-refractivity contribution in [3.63, 3.8) is 0 Å². The molecule has 152 valence electrons. The highest BCUT2D eigenvalue weighted by atomic mass is 16.5. The maximum atomic E-state index is 12.6. The number of hydrogen-bond acceptors (Lipinski definition) is 6. The van der Waals surface area contributed by atoms with Gasteiger partial charge < -0.3 is 24.5 Å². The molecular formula is C21H28N2O5. The molecule has 1 fully saturated rings. The molecule has 1 aromatic carbocycles. The molecule has 2 N–H and O–H groups in total. The third kappa shape index (κ3) is 4.05. The van der Waals surface area contributed by atoms with Crippen molar-refractivity contribution in [2.75, 3.05) is 33.0 Å². The van der Waals surface area contributed by atoms with Crippen LogP contribution in [0.15, 0.2) is 24.3 Å². The van der Waals surface area contributed by atoms with E-state index in [0.29, 0.717) is 50.8 Å². The molecule has 0 bridgehead atoms. The summed E-state index contributed by atoms with van der Waals surface area (Å²) >= 11 is 0. The maximum absolute atomic E-state index is 12.6. The van der Waals surface area contributed by atoms with Crippen LogP contribution >= 0.6 is 0 Å². The van der Waals surface area contributed by atoms with Gasteiger partial charge >= 0.3 is 11.9 Å². The van der Waals surface area contributed by atoms with Gasteiger partial charge in [-0.05, 0) is 51.4 Å². The summed E-state index contributed by atoms with van der Waals surface area (Å²) in [5.41, 5.74) is 7.71. The molecule has 7 nitrogen and oxygen atoms in total. The van der Waals surface area contributed by atoms with Crippen molar-refractivity contribution in [2.45, 2.75) is 33.2 Å². The molecule has 1 aliphatic heterocycles. The molecular weight excluding hydrogens is 360 g/mol. The van der Waals surface area contributed by atoms with Gasteiger partial charge in [0.15, 0.2) is 0 Å². The van der Waals surface area contributed by atoms with Gasteiger partial charge in [0.1, 0.15) is 5.69 Å². The van der Waals surface area contributed by atoms with Gasteiger partial charge in [0.2, 0.25) is 0 Å². The first-order valence-corrected chi connectivity index (χ1v) is 9.79. The van der Waals surface area contributed by atoms with Gasteiger partial charge in [-0.25, -0.2) is 9.59 Å². The molecule has 0 aliphatic carbocycles. The predicted molar refractivity (Wildman–Crippen MR) is 105 cm³/mol. The number of nitrogens with zero attached hydrogens (tertiary/aromatic N) is 1. The molecule has 2 aromatic rings. The van der Waals surface area contributed by atoms with E-state index in [9.17, 15) is 9.59 Å². The van der Waals surface area contributed by atoms with Gasteiger partial charge in [-0.1, -0.05) is 6.07 Å². The van der Waals surface area contributed by atoms with E-state index >= 15 is 0 Å². The molecule has 0 amide bonds. The minimum atomic E-state index is -0.380. The average Bonchev–Trinajstić information content (AvgIpc) is 3.06. The summed E-state index contributed by atoms with van der Waals surface area (Å²) in [5.74, 6) is -0.759. The number of benzene rings is 1. The molecule has 0 saturated carbocycles. The molecule has 28 heavy (non-hydrogen) atoms. The van der Waals surface area contributed by atoms with E-state index in [1.54, 1.807) is 26.0 Å². The predicted octanol–water partition coefficient (Wildman–Crippen LogP) is 2.75. The number of carbonyl (C=O) groups is 2. The van der Waals surface area contributed by atoms with Gasteiger partial charge in [-0.15, -0.1) is 0 Å². The average molecular weight is 388 g/mol. The van der Waals surface area contributed by atoms with Crippen LogP contribution < -0.4 is 5.73 Å². The second-order valence-electron chi connectivity index (χ2n) is 7.15. The maximum Gasteiger partial charge on any atom is 0.354 e. The number of carbonyl (C=O) groups excluding carboxylic acids is 2. The molecule has 0 unspecified atom stereocenters. The fourth-order valence-electron chi connectivity index (χ4n) is 3.71. The molecule has 1 saturated heterocycles. The Labute approximate surface area is 164 Å². The summed E-state index contributed by atoms with van der Waals surface area (Å²) in [7, 11) is 0. The smallest absolute Gasteiger partial charge is 0.354 e. The zero-order valence-corrected chi connectivity index (χ0v) is 16.5. The Morgan fingerprint density at radius 2 is 1.79 bits per heavy atom. The number of esters is 2. The number of hydrogen-bond donors (Lipinski definition) is 1. The Morgan fingerprint density at radius 1 is 1.11 bits per heavy atom. The summed E-state index contributed by atoms with van der Waals surface area (Å²) in [6.07, 6.45) is 1.64. The first kappa shape index (κ1) is 20.4. The minimum Gasteiger partial charge on any atom is -0.462 e. The number of rotatable bonds is 7. The second-order valence-corrected chi connectivity index (χ2v) is 7.15. The normalized spacial score (nSPS) is 16.1. The van der Waals surface area contributed by atoms with Crippen LogP contribution in [0, 0.1) is 5.41 Å². The summed E-state index contributed by atoms with van der Waals surface area (Å²) in [4.78, 5) is 24.8. The van der Waals surface area contributed by atoms with E-state index in [0.717, 1.165) is 23.7 Å². The fraction of sp³-hybridized carbons (Fsp3) is 0.524. The Kier molecular flexibility index (Phi) is 6.36. The largest absolute Gasteiger partial charge is 0.462 e. The van der Waals surface area contributed by atoms with Crippen molar-refractivity contribution < 1.29 is 23.8 Å². The van der Waals surface area contributed by atoms with Crippen molar-refractivity contribution in [3.05, 3.63) is 35.5 Å². The van der Waals surface area contributed by atoms with Crippen molar-refractivity contribution in [1.82, 2.24) is 4.57 Å². The number of nitrogens with two attached hydrogens (primary N) is 1. The molecule has 1 aliphatic rings. The summed E-state index contributed by atoms with van der Waals surface area (Å²) in [6.45, 7) is 6.52. The first-order valence-electron chi connectivity index (χ1n) is 9.79. The van der Waals surface area contributed by atoms with Crippen molar-refractivity contribution >= 4 is 22.8 Å². The molecule has 7 heteroatoms. The summed E-state index contributed by atoms with van der Waals surface area (Å²) < 4.78 is 17.8. The zero-order chi connectivity index (χ0) is 20.1. The molecule has 3 rings (SSSR count). The molecule has 0 spiro atoms. The van der Waals surface area contributed by atoms with E-state index in [2.05, 4.69) is 0 Å². The highest BCUT2D eigenvalue weighted by Crippen LogP contribution is 2.34. The van der Waals surface area contributed by atoms with Crippen molar-refractivity contribution in [3.8, 4) is 0 Å². The van der Waals surface area contributed by atoms with Gasteiger partial charge in [0.05, 0.1) is 18.8 Å². The molecule has 1 aromatic heterocycles. The van der Waals surface area contributed by atoms with Gasteiger partial charge in [-0.2, -0.15) is 0 Å². The molecule has 0 atom stereocenters. The van der Waals surface area contributed by atoms with E-state index in [1.165, 1.54) is 0 Å². The van der Waals surface area contributed by atoms with Crippen LogP contribution in [-0.4, -0.2) is 49.5 Å². The van der Waals surface area contributed by atoms with Crippen LogP contribution in [0.3, 0.4) is 0 Å². The minimum absolute atomic E-state index is 0.161. The second kappa shape index (κ2) is 8.75. The van der Waals surface area contributed by atoms with E-state index in [-0.39, 0.29) is 17.4 Å². The van der Waals surface area contributed by atoms with Gasteiger partial charge in [0.25, 0.3) is 0 Å². The number of ether oxygens (including phenoxy) is 3. The van der Waals surface area contributed by atoms with Crippen molar-refractivity contribution in [2.24, 2.45) is 11.1 Å². The standard InChI is InChI=1S/C21H28N2O5/c1-3-27-19(24)16-6-5-15-11-18(20(25)28-4-2)23(17(15)12-16)14-21(13-22)7-9-26-10-8-21/h5-6,11-12H,3-4,7-10,13-14,22H2,1-2H3.